The fourth-order valence-corrected chi connectivity index (χ4v) is 6.03. The first-order valence-electron chi connectivity index (χ1n) is 8.11. The molecular formula is C10H16N5O13P3S. The van der Waals surface area contributed by atoms with Crippen molar-refractivity contribution in [2.75, 3.05) is 12.3 Å². The molecule has 0 amide bonds. The molecule has 18 nitrogen and oxygen atoms in total. The van der Waals surface area contributed by atoms with Gasteiger partial charge in [-0.2, -0.15) is 26.2 Å². The van der Waals surface area contributed by atoms with Gasteiger partial charge in [0.1, 0.15) is 6.10 Å². The van der Waals surface area contributed by atoms with Crippen LogP contribution in [0.2, 0.25) is 0 Å². The van der Waals surface area contributed by atoms with Crippen molar-refractivity contribution in [1.82, 2.24) is 19.5 Å². The molecule has 180 valence electrons. The average molecular weight is 539 g/mol. The number of phosphoric acid groups is 3. The summed E-state index contributed by atoms with van der Waals surface area (Å²) in [5.41, 5.74) is 4.71. The van der Waals surface area contributed by atoms with Crippen molar-refractivity contribution in [3.63, 3.8) is 0 Å². The van der Waals surface area contributed by atoms with Crippen LogP contribution < -0.4 is 11.3 Å². The second-order valence-corrected chi connectivity index (χ2v) is 11.2. The summed E-state index contributed by atoms with van der Waals surface area (Å²) in [6.07, 6.45) is -2.72. The minimum atomic E-state index is -5.69. The van der Waals surface area contributed by atoms with Crippen molar-refractivity contribution >= 4 is 53.2 Å². The fourth-order valence-electron chi connectivity index (χ4n) is 2.70. The molecule has 0 aromatic carbocycles. The van der Waals surface area contributed by atoms with Gasteiger partial charge in [0.2, 0.25) is 5.95 Å². The van der Waals surface area contributed by atoms with Gasteiger partial charge in [0.05, 0.1) is 24.3 Å². The zero-order valence-electron chi connectivity index (χ0n) is 15.3. The zero-order valence-corrected chi connectivity index (χ0v) is 18.9. The highest BCUT2D eigenvalue weighted by atomic mass is 32.1. The van der Waals surface area contributed by atoms with E-state index in [0.29, 0.717) is 0 Å². The Morgan fingerprint density at radius 3 is 2.50 bits per heavy atom. The summed E-state index contributed by atoms with van der Waals surface area (Å²) in [5, 5.41) is 9.39. The third kappa shape index (κ3) is 5.84. The maximum Gasteiger partial charge on any atom is 0.490 e. The molecule has 0 aliphatic carbocycles. The maximum absolute atomic E-state index is 11.9. The SMILES string of the molecule is Nc1nc2c(ncn2[C@@H]2O[C@H](COP(=O)(O)OP(=O)(O)OP(=O)(O)O)[C@@H](S)[C@@H]2O)c(=O)[nH]1. The van der Waals surface area contributed by atoms with Crippen LogP contribution >= 0.6 is 36.1 Å². The lowest BCUT2D eigenvalue weighted by atomic mass is 10.2. The lowest BCUT2D eigenvalue weighted by Crippen LogP contribution is -2.29. The van der Waals surface area contributed by atoms with E-state index in [4.69, 9.17) is 25.2 Å². The molecule has 1 fully saturated rings. The van der Waals surface area contributed by atoms with E-state index in [9.17, 15) is 28.5 Å². The molecular weight excluding hydrogens is 523 g/mol. The Kier molecular flexibility index (Phi) is 7.07. The van der Waals surface area contributed by atoms with Crippen LogP contribution in [0.3, 0.4) is 0 Å². The molecule has 1 saturated heterocycles. The fraction of sp³-hybridized carbons (Fsp3) is 0.500. The number of aliphatic hydroxyl groups excluding tert-OH is 1. The third-order valence-electron chi connectivity index (χ3n) is 3.88. The van der Waals surface area contributed by atoms with Gasteiger partial charge in [-0.05, 0) is 0 Å². The first-order chi connectivity index (χ1) is 14.6. The highest BCUT2D eigenvalue weighted by molar-refractivity contribution is 7.81. The summed E-state index contributed by atoms with van der Waals surface area (Å²) in [6, 6.07) is 0. The van der Waals surface area contributed by atoms with E-state index in [-0.39, 0.29) is 17.1 Å². The van der Waals surface area contributed by atoms with Gasteiger partial charge in [-0.25, -0.2) is 18.7 Å². The number of hydrogen-bond donors (Lipinski definition) is 8. The van der Waals surface area contributed by atoms with Crippen LogP contribution in [0.25, 0.3) is 11.2 Å². The van der Waals surface area contributed by atoms with Crippen molar-refractivity contribution < 1.29 is 56.3 Å². The number of rotatable bonds is 8. The number of nitrogens with two attached hydrogens (primary N) is 1. The highest BCUT2D eigenvalue weighted by Gasteiger charge is 2.46. The minimum Gasteiger partial charge on any atom is -0.387 e. The Labute approximate surface area is 182 Å². The average Bonchev–Trinajstić information content (AvgIpc) is 3.12. The lowest BCUT2D eigenvalue weighted by Gasteiger charge is -2.19. The number of nitrogen functional groups attached to an aromatic ring is 1. The second-order valence-electron chi connectivity index (χ2n) is 6.21. The minimum absolute atomic E-state index is 0.0376. The number of aromatic nitrogens is 4. The number of imidazole rings is 1. The first kappa shape index (κ1) is 25.5. The van der Waals surface area contributed by atoms with Gasteiger partial charge < -0.3 is 35.2 Å². The number of hydrogen-bond acceptors (Lipinski definition) is 13. The smallest absolute Gasteiger partial charge is 0.387 e. The molecule has 1 aliphatic rings. The number of fused-ring (bicyclic) bond motifs is 1. The van der Waals surface area contributed by atoms with Gasteiger partial charge in [-0.3, -0.25) is 18.9 Å². The molecule has 2 aromatic heterocycles. The van der Waals surface area contributed by atoms with Crippen LogP contribution in [0.1, 0.15) is 6.23 Å². The first-order valence-corrected chi connectivity index (χ1v) is 13.1. The summed E-state index contributed by atoms with van der Waals surface area (Å²) in [6.45, 7) is -0.839. The van der Waals surface area contributed by atoms with Crippen LogP contribution in [0.4, 0.5) is 5.95 Å². The van der Waals surface area contributed by atoms with E-state index in [0.717, 1.165) is 6.33 Å². The Hall–Kier alpha value is -1.17. The highest BCUT2D eigenvalue weighted by Crippen LogP contribution is 2.66. The largest absolute Gasteiger partial charge is 0.490 e. The maximum atomic E-state index is 11.9. The Bertz CT molecular complexity index is 1210. The van der Waals surface area contributed by atoms with Gasteiger partial charge in [-0.1, -0.05) is 0 Å². The quantitative estimate of drug-likeness (QED) is 0.141. The van der Waals surface area contributed by atoms with Crippen molar-refractivity contribution in [3.05, 3.63) is 16.7 Å². The standard InChI is InChI=1S/C10H16N5O13P3S/c11-10-13-7-4(8(17)14-10)12-2-15(7)9-5(16)6(32)3(26-9)1-25-30(21,22)28-31(23,24)27-29(18,19)20/h2-3,5-6,9,16,32H,1H2,(H,21,22)(H,23,24)(H2,18,19,20)(H3,11,13,14,17)/t3-,5+,6-,9-/m1/s1. The molecule has 2 aromatic rings. The topological polar surface area (TPSA) is 279 Å². The summed E-state index contributed by atoms with van der Waals surface area (Å²) in [7, 11) is -16.6. The van der Waals surface area contributed by atoms with Crippen molar-refractivity contribution in [3.8, 4) is 0 Å². The number of phosphoric ester groups is 1. The van der Waals surface area contributed by atoms with Gasteiger partial charge >= 0.3 is 23.5 Å². The van der Waals surface area contributed by atoms with Crippen LogP contribution in [-0.4, -0.2) is 68.3 Å². The summed E-state index contributed by atoms with van der Waals surface area (Å²) >= 11 is 4.13. The second kappa shape index (κ2) is 8.88. The predicted molar refractivity (Wildman–Crippen MR) is 105 cm³/mol. The number of ether oxygens (including phenoxy) is 1. The van der Waals surface area contributed by atoms with E-state index >= 15 is 0 Å². The molecule has 0 radical (unpaired) electrons. The van der Waals surface area contributed by atoms with Crippen molar-refractivity contribution in [1.29, 1.82) is 0 Å². The molecule has 0 bridgehead atoms. The predicted octanol–water partition coefficient (Wildman–Crippen LogP) is -1.40. The van der Waals surface area contributed by atoms with E-state index < -0.39 is 59.3 Å². The number of nitrogens with zero attached hydrogens (tertiary/aromatic N) is 3. The monoisotopic (exact) mass is 539 g/mol. The molecule has 0 saturated carbocycles. The Morgan fingerprint density at radius 2 is 1.88 bits per heavy atom. The number of thiol groups is 1. The molecule has 0 spiro atoms. The number of anilines is 1. The number of aliphatic hydroxyl groups is 1. The summed E-state index contributed by atoms with van der Waals surface area (Å²) < 4.78 is 52.2. The van der Waals surface area contributed by atoms with E-state index in [1.54, 1.807) is 0 Å². The van der Waals surface area contributed by atoms with Gasteiger partial charge in [-0.15, -0.1) is 0 Å². The molecule has 2 unspecified atom stereocenters. The van der Waals surface area contributed by atoms with Crippen LogP contribution in [0.5, 0.6) is 0 Å². The molecule has 22 heteroatoms. The Morgan fingerprint density at radius 1 is 1.22 bits per heavy atom. The molecule has 32 heavy (non-hydrogen) atoms. The summed E-state index contributed by atoms with van der Waals surface area (Å²) in [5.74, 6) is -0.233. The van der Waals surface area contributed by atoms with Gasteiger partial charge in [0.25, 0.3) is 5.56 Å². The molecule has 6 atom stereocenters. The molecule has 3 rings (SSSR count). The van der Waals surface area contributed by atoms with Crippen LogP contribution in [0.15, 0.2) is 11.1 Å². The van der Waals surface area contributed by atoms with E-state index in [2.05, 4.69) is 40.7 Å². The van der Waals surface area contributed by atoms with Crippen molar-refractivity contribution in [2.45, 2.75) is 23.7 Å². The third-order valence-corrected chi connectivity index (χ3v) is 8.32. The van der Waals surface area contributed by atoms with E-state index in [1.165, 1.54) is 4.57 Å². The van der Waals surface area contributed by atoms with Gasteiger partial charge in [0, 0.05) is 0 Å². The Balaban J connectivity index is 1.72. The summed E-state index contributed by atoms with van der Waals surface area (Å²) in [4.78, 5) is 57.6. The molecule has 3 heterocycles. The number of aromatic amines is 1. The number of nitrogens with one attached hydrogen (secondary N) is 1. The van der Waals surface area contributed by atoms with Crippen molar-refractivity contribution in [2.24, 2.45) is 0 Å². The van der Waals surface area contributed by atoms with Crippen LogP contribution in [0, 0.1) is 0 Å². The lowest BCUT2D eigenvalue weighted by molar-refractivity contribution is -0.0480. The molecule has 8 N–H and O–H groups in total. The van der Waals surface area contributed by atoms with Crippen LogP contribution in [-0.2, 0) is 31.6 Å². The molecule has 1 aliphatic heterocycles. The normalized spacial score (nSPS) is 27.9. The zero-order chi connectivity index (χ0) is 24.1. The van der Waals surface area contributed by atoms with Gasteiger partial charge in [0.15, 0.2) is 17.4 Å². The van der Waals surface area contributed by atoms with E-state index in [1.807, 2.05) is 0 Å². The number of H-pyrrole nitrogens is 1.